The largest absolute Gasteiger partial charge is 0.495 e. The molecule has 0 unspecified atom stereocenters. The molecule has 2 atom stereocenters. The second kappa shape index (κ2) is 6.98. The summed E-state index contributed by atoms with van der Waals surface area (Å²) in [4.78, 5) is 0. The predicted octanol–water partition coefficient (Wildman–Crippen LogP) is 3.15. The Morgan fingerprint density at radius 1 is 1.33 bits per heavy atom. The third kappa shape index (κ3) is 4.16. The fourth-order valence-electron chi connectivity index (χ4n) is 1.79. The number of hydrogen-bond acceptors (Lipinski definition) is 3. The van der Waals surface area contributed by atoms with E-state index in [1.165, 1.54) is 0 Å². The third-order valence-corrected chi connectivity index (χ3v) is 3.33. The minimum Gasteiger partial charge on any atom is -0.495 e. The minimum absolute atomic E-state index is 0.407. The van der Waals surface area contributed by atoms with E-state index >= 15 is 0 Å². The minimum atomic E-state index is -0.543. The van der Waals surface area contributed by atoms with Gasteiger partial charge in [-0.15, -0.1) is 0 Å². The van der Waals surface area contributed by atoms with E-state index in [0.717, 1.165) is 12.0 Å². The SMILES string of the molecule is COc1cc([C@H](N)[C@H](O)CCC(C)C)ccc1Cl. The van der Waals surface area contributed by atoms with Gasteiger partial charge in [0.25, 0.3) is 0 Å². The molecular weight excluding hydrogens is 250 g/mol. The number of halogens is 1. The molecule has 0 radical (unpaired) electrons. The summed E-state index contributed by atoms with van der Waals surface area (Å²) in [7, 11) is 1.56. The number of benzene rings is 1. The van der Waals surface area contributed by atoms with Crippen molar-refractivity contribution in [1.82, 2.24) is 0 Å². The summed E-state index contributed by atoms with van der Waals surface area (Å²) in [5.74, 6) is 1.15. The molecule has 0 saturated heterocycles. The maximum Gasteiger partial charge on any atom is 0.137 e. The van der Waals surface area contributed by atoms with E-state index in [1.54, 1.807) is 19.2 Å². The molecule has 0 saturated carbocycles. The molecule has 1 aromatic carbocycles. The highest BCUT2D eigenvalue weighted by Crippen LogP contribution is 2.29. The van der Waals surface area contributed by atoms with Gasteiger partial charge in [-0.25, -0.2) is 0 Å². The van der Waals surface area contributed by atoms with Crippen molar-refractivity contribution in [3.05, 3.63) is 28.8 Å². The van der Waals surface area contributed by atoms with Gasteiger partial charge in [-0.05, 0) is 36.5 Å². The summed E-state index contributed by atoms with van der Waals surface area (Å²) in [6.07, 6.45) is 1.11. The van der Waals surface area contributed by atoms with Crippen LogP contribution in [-0.2, 0) is 0 Å². The van der Waals surface area contributed by atoms with Gasteiger partial charge >= 0.3 is 0 Å². The van der Waals surface area contributed by atoms with Gasteiger partial charge in [0.05, 0.1) is 24.3 Å². The van der Waals surface area contributed by atoms with Crippen LogP contribution in [0, 0.1) is 5.92 Å². The van der Waals surface area contributed by atoms with Crippen molar-refractivity contribution in [1.29, 1.82) is 0 Å². The van der Waals surface area contributed by atoms with Crippen LogP contribution in [0.25, 0.3) is 0 Å². The first-order valence-corrected chi connectivity index (χ1v) is 6.60. The molecule has 0 heterocycles. The van der Waals surface area contributed by atoms with Crippen molar-refractivity contribution < 1.29 is 9.84 Å². The average Bonchev–Trinajstić information content (AvgIpc) is 2.35. The zero-order valence-electron chi connectivity index (χ0n) is 11.2. The maximum atomic E-state index is 10.1. The van der Waals surface area contributed by atoms with Gasteiger partial charge in [0.1, 0.15) is 5.75 Å². The van der Waals surface area contributed by atoms with E-state index in [4.69, 9.17) is 22.1 Å². The van der Waals surface area contributed by atoms with Crippen LogP contribution >= 0.6 is 11.6 Å². The highest BCUT2D eigenvalue weighted by molar-refractivity contribution is 6.32. The first-order chi connectivity index (χ1) is 8.45. The van der Waals surface area contributed by atoms with Crippen LogP contribution in [0.3, 0.4) is 0 Å². The van der Waals surface area contributed by atoms with Crippen LogP contribution < -0.4 is 10.5 Å². The van der Waals surface area contributed by atoms with Gasteiger partial charge in [0.15, 0.2) is 0 Å². The Kier molecular flexibility index (Phi) is 5.93. The quantitative estimate of drug-likeness (QED) is 0.836. The van der Waals surface area contributed by atoms with Crippen LogP contribution in [0.5, 0.6) is 5.75 Å². The van der Waals surface area contributed by atoms with Crippen LogP contribution in [0.2, 0.25) is 5.02 Å². The summed E-state index contributed by atoms with van der Waals surface area (Å²) in [5.41, 5.74) is 6.89. The lowest BCUT2D eigenvalue weighted by atomic mass is 9.96. The van der Waals surface area contributed by atoms with E-state index in [1.807, 2.05) is 6.07 Å². The summed E-state index contributed by atoms with van der Waals surface area (Å²) >= 11 is 5.96. The van der Waals surface area contributed by atoms with Gasteiger partial charge in [-0.3, -0.25) is 0 Å². The van der Waals surface area contributed by atoms with E-state index < -0.39 is 12.1 Å². The van der Waals surface area contributed by atoms with Crippen molar-refractivity contribution in [2.75, 3.05) is 7.11 Å². The van der Waals surface area contributed by atoms with Gasteiger partial charge in [-0.1, -0.05) is 31.5 Å². The third-order valence-electron chi connectivity index (χ3n) is 3.01. The number of nitrogens with two attached hydrogens (primary N) is 1. The monoisotopic (exact) mass is 271 g/mol. The molecule has 3 nitrogen and oxygen atoms in total. The Morgan fingerprint density at radius 3 is 2.56 bits per heavy atom. The van der Waals surface area contributed by atoms with E-state index in [-0.39, 0.29) is 0 Å². The highest BCUT2D eigenvalue weighted by Gasteiger charge is 2.18. The Bertz CT molecular complexity index is 382. The molecule has 0 fully saturated rings. The lowest BCUT2D eigenvalue weighted by Crippen LogP contribution is -2.26. The number of hydrogen-bond donors (Lipinski definition) is 2. The number of rotatable bonds is 6. The van der Waals surface area contributed by atoms with E-state index in [0.29, 0.717) is 23.1 Å². The van der Waals surface area contributed by atoms with Gasteiger partial charge in [-0.2, -0.15) is 0 Å². The number of aliphatic hydroxyl groups excluding tert-OH is 1. The molecule has 1 rings (SSSR count). The standard InChI is InChI=1S/C14H22ClNO2/c1-9(2)4-7-12(17)14(16)10-5-6-11(15)13(8-10)18-3/h5-6,8-9,12,14,17H,4,7,16H2,1-3H3/t12-,14+/m1/s1. The molecule has 18 heavy (non-hydrogen) atoms. The van der Waals surface area contributed by atoms with Crippen molar-refractivity contribution in [2.24, 2.45) is 11.7 Å². The molecular formula is C14H22ClNO2. The summed E-state index contributed by atoms with van der Waals surface area (Å²) in [5, 5.41) is 10.6. The lowest BCUT2D eigenvalue weighted by molar-refractivity contribution is 0.128. The molecule has 0 aliphatic carbocycles. The van der Waals surface area contributed by atoms with Gasteiger partial charge in [0.2, 0.25) is 0 Å². The van der Waals surface area contributed by atoms with Crippen molar-refractivity contribution >= 4 is 11.6 Å². The Hall–Kier alpha value is -0.770. The molecule has 4 heteroatoms. The van der Waals surface area contributed by atoms with Gasteiger partial charge < -0.3 is 15.6 Å². The number of aliphatic hydroxyl groups is 1. The fraction of sp³-hybridized carbons (Fsp3) is 0.571. The Morgan fingerprint density at radius 2 is 2.00 bits per heavy atom. The first-order valence-electron chi connectivity index (χ1n) is 6.22. The number of ether oxygens (including phenoxy) is 1. The molecule has 1 aromatic rings. The second-order valence-electron chi connectivity index (χ2n) is 4.96. The molecule has 0 aromatic heterocycles. The average molecular weight is 272 g/mol. The topological polar surface area (TPSA) is 55.5 Å². The molecule has 0 amide bonds. The molecule has 0 aliphatic heterocycles. The summed E-state index contributed by atoms with van der Waals surface area (Å²) in [6.45, 7) is 4.26. The zero-order chi connectivity index (χ0) is 13.7. The molecule has 0 aliphatic rings. The van der Waals surface area contributed by atoms with Crippen LogP contribution in [0.15, 0.2) is 18.2 Å². The van der Waals surface area contributed by atoms with Crippen molar-refractivity contribution in [2.45, 2.75) is 38.8 Å². The fourth-order valence-corrected chi connectivity index (χ4v) is 1.98. The lowest BCUT2D eigenvalue weighted by Gasteiger charge is -2.20. The van der Waals surface area contributed by atoms with Crippen LogP contribution in [0.4, 0.5) is 0 Å². The summed E-state index contributed by atoms with van der Waals surface area (Å²) in [6, 6.07) is 4.94. The van der Waals surface area contributed by atoms with Crippen LogP contribution in [-0.4, -0.2) is 18.3 Å². The van der Waals surface area contributed by atoms with E-state index in [9.17, 15) is 5.11 Å². The van der Waals surface area contributed by atoms with Gasteiger partial charge in [0, 0.05) is 0 Å². The smallest absolute Gasteiger partial charge is 0.137 e. The zero-order valence-corrected chi connectivity index (χ0v) is 11.9. The summed E-state index contributed by atoms with van der Waals surface area (Å²) < 4.78 is 5.14. The van der Waals surface area contributed by atoms with E-state index in [2.05, 4.69) is 13.8 Å². The first kappa shape index (κ1) is 15.3. The maximum absolute atomic E-state index is 10.1. The molecule has 102 valence electrons. The molecule has 3 N–H and O–H groups in total. The Balaban J connectivity index is 2.73. The van der Waals surface area contributed by atoms with Crippen molar-refractivity contribution in [3.63, 3.8) is 0 Å². The van der Waals surface area contributed by atoms with Crippen LogP contribution in [0.1, 0.15) is 38.3 Å². The molecule has 0 bridgehead atoms. The second-order valence-corrected chi connectivity index (χ2v) is 5.37. The normalized spacial score (nSPS) is 14.6. The van der Waals surface area contributed by atoms with Crippen molar-refractivity contribution in [3.8, 4) is 5.75 Å². The predicted molar refractivity (Wildman–Crippen MR) is 75.0 cm³/mol. The highest BCUT2D eigenvalue weighted by atomic mass is 35.5. The number of methoxy groups -OCH3 is 1. The Labute approximate surface area is 114 Å². The molecule has 0 spiro atoms.